The van der Waals surface area contributed by atoms with Crippen LogP contribution in [-0.4, -0.2) is 19.0 Å². The highest BCUT2D eigenvalue weighted by Crippen LogP contribution is 2.26. The lowest BCUT2D eigenvalue weighted by Gasteiger charge is -2.22. The minimum Gasteiger partial charge on any atom is -0.355 e. The second-order valence-electron chi connectivity index (χ2n) is 6.69. The van der Waals surface area contributed by atoms with Gasteiger partial charge in [-0.25, -0.2) is 4.39 Å². The lowest BCUT2D eigenvalue weighted by Crippen LogP contribution is -2.38. The fourth-order valence-electron chi connectivity index (χ4n) is 3.40. The molecule has 1 atom stereocenters. The molecule has 1 heterocycles. The van der Waals surface area contributed by atoms with E-state index in [0.717, 1.165) is 17.0 Å². The van der Waals surface area contributed by atoms with E-state index in [-0.39, 0.29) is 24.3 Å². The van der Waals surface area contributed by atoms with Crippen molar-refractivity contribution in [3.63, 3.8) is 0 Å². The molecule has 134 valence electrons. The van der Waals surface area contributed by atoms with Crippen molar-refractivity contribution in [3.05, 3.63) is 58.0 Å². The lowest BCUT2D eigenvalue weighted by atomic mass is 9.89. The summed E-state index contributed by atoms with van der Waals surface area (Å²) in [4.78, 5) is 13.3. The fraction of sp³-hybridized carbons (Fsp3) is 0.450. The van der Waals surface area contributed by atoms with Gasteiger partial charge in [-0.2, -0.15) is 0 Å². The largest absolute Gasteiger partial charge is 0.355 e. The Morgan fingerprint density at radius 2 is 1.92 bits per heavy atom. The number of amides is 1. The molecular weight excluding hydrogens is 335 g/mol. The van der Waals surface area contributed by atoms with Gasteiger partial charge < -0.3 is 5.32 Å². The lowest BCUT2D eigenvalue weighted by molar-refractivity contribution is -0.120. The molecule has 2 N–H and O–H groups in total. The predicted molar refractivity (Wildman–Crippen MR) is 100 cm³/mol. The molecule has 1 unspecified atom stereocenters. The maximum absolute atomic E-state index is 13.2. The Bertz CT molecular complexity index is 651. The molecule has 2 aromatic rings. The zero-order chi connectivity index (χ0) is 17.5. The molecule has 1 fully saturated rings. The molecule has 1 aliphatic rings. The number of hydrogen-bond acceptors (Lipinski definition) is 3. The number of nitrogens with one attached hydrogen (secondary N) is 2. The Labute approximate surface area is 152 Å². The number of benzene rings is 1. The molecule has 1 aromatic heterocycles. The van der Waals surface area contributed by atoms with Crippen molar-refractivity contribution in [1.29, 1.82) is 0 Å². The van der Waals surface area contributed by atoms with Crippen LogP contribution in [0.25, 0.3) is 0 Å². The molecule has 3 nitrogen and oxygen atoms in total. The average Bonchev–Trinajstić information content (AvgIpc) is 3.17. The van der Waals surface area contributed by atoms with E-state index in [1.54, 1.807) is 23.5 Å². The first-order valence-corrected chi connectivity index (χ1v) is 9.89. The van der Waals surface area contributed by atoms with E-state index >= 15 is 0 Å². The van der Waals surface area contributed by atoms with Gasteiger partial charge >= 0.3 is 0 Å². The minimum absolute atomic E-state index is 0.0224. The minimum atomic E-state index is -0.251. The first-order valence-electron chi connectivity index (χ1n) is 9.01. The van der Waals surface area contributed by atoms with Crippen LogP contribution in [0.4, 0.5) is 4.39 Å². The SMILES string of the molecule is O=C(CNC(c1ccc(F)cc1)c1cccs1)NCC1CCCCC1. The second-order valence-corrected chi connectivity index (χ2v) is 7.67. The quantitative estimate of drug-likeness (QED) is 0.774. The molecule has 1 aromatic carbocycles. The highest BCUT2D eigenvalue weighted by Gasteiger charge is 2.17. The van der Waals surface area contributed by atoms with Gasteiger partial charge in [0, 0.05) is 11.4 Å². The number of carbonyl (C=O) groups excluding carboxylic acids is 1. The molecule has 0 spiro atoms. The zero-order valence-electron chi connectivity index (χ0n) is 14.3. The zero-order valence-corrected chi connectivity index (χ0v) is 15.2. The molecule has 0 radical (unpaired) electrons. The van der Waals surface area contributed by atoms with E-state index in [1.807, 2.05) is 17.5 Å². The summed E-state index contributed by atoms with van der Waals surface area (Å²) in [6.07, 6.45) is 6.34. The van der Waals surface area contributed by atoms with E-state index in [4.69, 9.17) is 0 Å². The van der Waals surface area contributed by atoms with Crippen LogP contribution in [0.15, 0.2) is 41.8 Å². The summed E-state index contributed by atoms with van der Waals surface area (Å²) >= 11 is 1.63. The Morgan fingerprint density at radius 1 is 1.16 bits per heavy atom. The summed E-state index contributed by atoms with van der Waals surface area (Å²) in [5, 5.41) is 8.39. The molecule has 3 rings (SSSR count). The van der Waals surface area contributed by atoms with Crippen molar-refractivity contribution < 1.29 is 9.18 Å². The standard InChI is InChI=1S/C20H25FN2OS/c21-17-10-8-16(9-11-17)20(18-7-4-12-25-18)23-14-19(24)22-13-15-5-2-1-3-6-15/h4,7-12,15,20,23H,1-3,5-6,13-14H2,(H,22,24). The third kappa shape index (κ3) is 5.38. The smallest absolute Gasteiger partial charge is 0.233 e. The predicted octanol–water partition coefficient (Wildman–Crippen LogP) is 4.26. The van der Waals surface area contributed by atoms with Gasteiger partial charge in [-0.1, -0.05) is 37.5 Å². The van der Waals surface area contributed by atoms with E-state index in [2.05, 4.69) is 10.6 Å². The highest BCUT2D eigenvalue weighted by atomic mass is 32.1. The summed E-state index contributed by atoms with van der Waals surface area (Å²) in [5.41, 5.74) is 0.962. The first kappa shape index (κ1) is 18.1. The third-order valence-electron chi connectivity index (χ3n) is 4.81. The number of halogens is 1. The molecule has 5 heteroatoms. The van der Waals surface area contributed by atoms with E-state index in [1.165, 1.54) is 44.2 Å². The van der Waals surface area contributed by atoms with Gasteiger partial charge in [0.15, 0.2) is 0 Å². The van der Waals surface area contributed by atoms with Gasteiger partial charge in [0.05, 0.1) is 12.6 Å². The summed E-state index contributed by atoms with van der Waals surface area (Å²) in [6, 6.07) is 10.4. The monoisotopic (exact) mass is 360 g/mol. The molecule has 0 saturated heterocycles. The summed E-state index contributed by atoms with van der Waals surface area (Å²) in [6.45, 7) is 1.04. The maximum Gasteiger partial charge on any atom is 0.233 e. The van der Waals surface area contributed by atoms with Crippen molar-refractivity contribution in [3.8, 4) is 0 Å². The number of hydrogen-bond donors (Lipinski definition) is 2. The van der Waals surface area contributed by atoms with E-state index in [9.17, 15) is 9.18 Å². The normalized spacial score (nSPS) is 16.5. The Hall–Kier alpha value is -1.72. The summed E-state index contributed by atoms with van der Waals surface area (Å²) < 4.78 is 13.2. The number of carbonyl (C=O) groups is 1. The van der Waals surface area contributed by atoms with Gasteiger partial charge in [0.25, 0.3) is 0 Å². The van der Waals surface area contributed by atoms with E-state index < -0.39 is 0 Å². The van der Waals surface area contributed by atoms with Crippen molar-refractivity contribution in [2.24, 2.45) is 5.92 Å². The van der Waals surface area contributed by atoms with Crippen LogP contribution < -0.4 is 10.6 Å². The molecule has 0 bridgehead atoms. The molecular formula is C20H25FN2OS. The highest BCUT2D eigenvalue weighted by molar-refractivity contribution is 7.10. The fourth-order valence-corrected chi connectivity index (χ4v) is 4.23. The van der Waals surface area contributed by atoms with Crippen molar-refractivity contribution in [2.45, 2.75) is 38.1 Å². The third-order valence-corrected chi connectivity index (χ3v) is 5.75. The van der Waals surface area contributed by atoms with Gasteiger partial charge in [-0.05, 0) is 47.9 Å². The Kier molecular flexibility index (Phi) is 6.59. The maximum atomic E-state index is 13.2. The van der Waals surface area contributed by atoms with Crippen LogP contribution in [0.2, 0.25) is 0 Å². The van der Waals surface area contributed by atoms with Crippen LogP contribution in [0, 0.1) is 11.7 Å². The van der Waals surface area contributed by atoms with Crippen LogP contribution in [0.5, 0.6) is 0 Å². The second kappa shape index (κ2) is 9.11. The average molecular weight is 360 g/mol. The summed E-state index contributed by atoms with van der Waals surface area (Å²) in [7, 11) is 0. The van der Waals surface area contributed by atoms with Gasteiger partial charge in [-0.15, -0.1) is 11.3 Å². The van der Waals surface area contributed by atoms with Crippen LogP contribution >= 0.6 is 11.3 Å². The Morgan fingerprint density at radius 3 is 2.60 bits per heavy atom. The molecule has 1 saturated carbocycles. The first-order chi connectivity index (χ1) is 12.2. The van der Waals surface area contributed by atoms with Crippen molar-refractivity contribution >= 4 is 17.2 Å². The van der Waals surface area contributed by atoms with Crippen LogP contribution in [0.3, 0.4) is 0 Å². The Balaban J connectivity index is 1.55. The van der Waals surface area contributed by atoms with E-state index in [0.29, 0.717) is 5.92 Å². The molecule has 25 heavy (non-hydrogen) atoms. The molecule has 1 amide bonds. The number of thiophene rings is 1. The van der Waals surface area contributed by atoms with Crippen LogP contribution in [-0.2, 0) is 4.79 Å². The van der Waals surface area contributed by atoms with Crippen molar-refractivity contribution in [2.75, 3.05) is 13.1 Å². The van der Waals surface area contributed by atoms with Gasteiger partial charge in [0.2, 0.25) is 5.91 Å². The number of rotatable bonds is 7. The molecule has 1 aliphatic carbocycles. The molecule has 0 aliphatic heterocycles. The summed E-state index contributed by atoms with van der Waals surface area (Å²) in [5.74, 6) is 0.399. The van der Waals surface area contributed by atoms with Gasteiger partial charge in [0.1, 0.15) is 5.82 Å². The van der Waals surface area contributed by atoms with Crippen molar-refractivity contribution in [1.82, 2.24) is 10.6 Å². The van der Waals surface area contributed by atoms with Gasteiger partial charge in [-0.3, -0.25) is 10.1 Å². The topological polar surface area (TPSA) is 41.1 Å². The van der Waals surface area contributed by atoms with Crippen LogP contribution in [0.1, 0.15) is 48.6 Å².